The van der Waals surface area contributed by atoms with E-state index in [0.717, 1.165) is 16.6 Å². The van der Waals surface area contributed by atoms with Crippen molar-refractivity contribution >= 4 is 11.0 Å². The molecule has 1 aromatic carbocycles. The Labute approximate surface area is 75.9 Å². The van der Waals surface area contributed by atoms with Crippen molar-refractivity contribution < 1.29 is 4.84 Å². The zero-order valence-electron chi connectivity index (χ0n) is 7.40. The first-order valence-corrected chi connectivity index (χ1v) is 4.03. The maximum atomic E-state index is 4.98. The molecule has 4 nitrogen and oxygen atoms in total. The normalized spacial score (nSPS) is 10.9. The van der Waals surface area contributed by atoms with Gasteiger partial charge < -0.3 is 4.57 Å². The van der Waals surface area contributed by atoms with Gasteiger partial charge in [-0.1, -0.05) is 6.07 Å². The Balaban J connectivity index is 2.50. The van der Waals surface area contributed by atoms with Crippen molar-refractivity contribution in [2.45, 2.75) is 6.61 Å². The second kappa shape index (κ2) is 3.16. The fraction of sp³-hybridized carbons (Fsp3) is 0.222. The minimum Gasteiger partial charge on any atom is -0.334 e. The summed E-state index contributed by atoms with van der Waals surface area (Å²) in [5.41, 5.74) is 3.12. The third-order valence-electron chi connectivity index (χ3n) is 2.04. The molecular formula is C9H11N3O. The van der Waals surface area contributed by atoms with Crippen molar-refractivity contribution in [1.82, 2.24) is 9.55 Å². The summed E-state index contributed by atoms with van der Waals surface area (Å²) >= 11 is 0. The van der Waals surface area contributed by atoms with Gasteiger partial charge in [-0.2, -0.15) is 0 Å². The van der Waals surface area contributed by atoms with Crippen molar-refractivity contribution in [3.8, 4) is 0 Å². The van der Waals surface area contributed by atoms with Crippen LogP contribution in [0.2, 0.25) is 0 Å². The highest BCUT2D eigenvalue weighted by molar-refractivity contribution is 5.75. The number of aryl methyl sites for hydroxylation is 1. The van der Waals surface area contributed by atoms with Crippen LogP contribution in [0, 0.1) is 0 Å². The van der Waals surface area contributed by atoms with Gasteiger partial charge in [-0.25, -0.2) is 10.9 Å². The molecule has 0 atom stereocenters. The predicted octanol–water partition coefficient (Wildman–Crippen LogP) is 0.964. The van der Waals surface area contributed by atoms with Gasteiger partial charge in [0.05, 0.1) is 24.0 Å². The Morgan fingerprint density at radius 1 is 1.54 bits per heavy atom. The monoisotopic (exact) mass is 177 g/mol. The largest absolute Gasteiger partial charge is 0.334 e. The molecule has 2 rings (SSSR count). The molecule has 0 aliphatic heterocycles. The molecule has 68 valence electrons. The Hall–Kier alpha value is -1.39. The summed E-state index contributed by atoms with van der Waals surface area (Å²) < 4.78 is 1.97. The fourth-order valence-corrected chi connectivity index (χ4v) is 1.37. The van der Waals surface area contributed by atoms with Crippen LogP contribution in [0.1, 0.15) is 5.56 Å². The van der Waals surface area contributed by atoms with Gasteiger partial charge in [0.1, 0.15) is 0 Å². The van der Waals surface area contributed by atoms with Crippen LogP contribution in [0.25, 0.3) is 11.0 Å². The van der Waals surface area contributed by atoms with Crippen molar-refractivity contribution in [2.24, 2.45) is 12.9 Å². The van der Waals surface area contributed by atoms with E-state index in [0.29, 0.717) is 6.61 Å². The maximum Gasteiger partial charge on any atom is 0.0955 e. The van der Waals surface area contributed by atoms with Crippen LogP contribution < -0.4 is 5.90 Å². The van der Waals surface area contributed by atoms with E-state index < -0.39 is 0 Å². The average molecular weight is 177 g/mol. The molecule has 2 N–H and O–H groups in total. The number of hydrogen-bond donors (Lipinski definition) is 1. The lowest BCUT2D eigenvalue weighted by Crippen LogP contribution is -1.98. The van der Waals surface area contributed by atoms with Gasteiger partial charge in [-0.3, -0.25) is 4.84 Å². The molecule has 0 fully saturated rings. The number of rotatable bonds is 2. The van der Waals surface area contributed by atoms with E-state index in [1.165, 1.54) is 0 Å². The highest BCUT2D eigenvalue weighted by Crippen LogP contribution is 2.13. The van der Waals surface area contributed by atoms with E-state index in [2.05, 4.69) is 9.82 Å². The molecule has 4 heteroatoms. The standard InChI is InChI=1S/C9H11N3O/c1-12-6-11-8-4-7(5-13-10)2-3-9(8)12/h2-4,6H,5,10H2,1H3. The lowest BCUT2D eigenvalue weighted by atomic mass is 10.2. The Morgan fingerprint density at radius 2 is 2.38 bits per heavy atom. The number of imidazole rings is 1. The van der Waals surface area contributed by atoms with E-state index in [1.807, 2.05) is 29.8 Å². The minimum atomic E-state index is 0.423. The van der Waals surface area contributed by atoms with Crippen LogP contribution >= 0.6 is 0 Å². The average Bonchev–Trinajstić information content (AvgIpc) is 2.48. The van der Waals surface area contributed by atoms with E-state index in [1.54, 1.807) is 6.33 Å². The first kappa shape index (κ1) is 8.22. The third kappa shape index (κ3) is 1.41. The maximum absolute atomic E-state index is 4.98. The molecule has 0 amide bonds. The lowest BCUT2D eigenvalue weighted by Gasteiger charge is -1.98. The topological polar surface area (TPSA) is 53.1 Å². The molecule has 0 spiro atoms. The number of benzene rings is 1. The number of nitrogens with zero attached hydrogens (tertiary/aromatic N) is 2. The first-order chi connectivity index (χ1) is 6.31. The second-order valence-corrected chi connectivity index (χ2v) is 2.99. The van der Waals surface area contributed by atoms with Crippen LogP contribution in [-0.4, -0.2) is 9.55 Å². The molecule has 2 aromatic rings. The highest BCUT2D eigenvalue weighted by Gasteiger charge is 2.00. The van der Waals surface area contributed by atoms with Gasteiger partial charge in [0, 0.05) is 7.05 Å². The number of fused-ring (bicyclic) bond motifs is 1. The molecule has 0 saturated heterocycles. The summed E-state index contributed by atoms with van der Waals surface area (Å²) in [5.74, 6) is 4.98. The number of hydrogen-bond acceptors (Lipinski definition) is 3. The van der Waals surface area contributed by atoms with Crippen LogP contribution in [-0.2, 0) is 18.5 Å². The summed E-state index contributed by atoms with van der Waals surface area (Å²) in [6, 6.07) is 5.97. The van der Waals surface area contributed by atoms with E-state index in [-0.39, 0.29) is 0 Å². The molecular weight excluding hydrogens is 166 g/mol. The zero-order valence-corrected chi connectivity index (χ0v) is 7.40. The molecule has 0 unspecified atom stereocenters. The Morgan fingerprint density at radius 3 is 3.15 bits per heavy atom. The molecule has 0 aliphatic rings. The fourth-order valence-electron chi connectivity index (χ4n) is 1.37. The third-order valence-corrected chi connectivity index (χ3v) is 2.04. The van der Waals surface area contributed by atoms with E-state index in [9.17, 15) is 0 Å². The number of nitrogens with two attached hydrogens (primary N) is 1. The summed E-state index contributed by atoms with van der Waals surface area (Å²) in [5, 5.41) is 0. The Bertz CT molecular complexity index is 422. The van der Waals surface area contributed by atoms with E-state index >= 15 is 0 Å². The van der Waals surface area contributed by atoms with Gasteiger partial charge >= 0.3 is 0 Å². The van der Waals surface area contributed by atoms with Gasteiger partial charge in [-0.05, 0) is 17.7 Å². The van der Waals surface area contributed by atoms with E-state index in [4.69, 9.17) is 5.90 Å². The van der Waals surface area contributed by atoms with Gasteiger partial charge in [-0.15, -0.1) is 0 Å². The zero-order chi connectivity index (χ0) is 9.26. The van der Waals surface area contributed by atoms with Crippen molar-refractivity contribution in [1.29, 1.82) is 0 Å². The van der Waals surface area contributed by atoms with Gasteiger partial charge in [0.15, 0.2) is 0 Å². The molecule has 0 radical (unpaired) electrons. The van der Waals surface area contributed by atoms with Crippen molar-refractivity contribution in [2.75, 3.05) is 0 Å². The predicted molar refractivity (Wildman–Crippen MR) is 49.7 cm³/mol. The second-order valence-electron chi connectivity index (χ2n) is 2.99. The molecule has 1 aromatic heterocycles. The van der Waals surface area contributed by atoms with Crippen LogP contribution in [0.5, 0.6) is 0 Å². The van der Waals surface area contributed by atoms with Gasteiger partial charge in [0.25, 0.3) is 0 Å². The quantitative estimate of drug-likeness (QED) is 0.695. The minimum absolute atomic E-state index is 0.423. The summed E-state index contributed by atoms with van der Waals surface area (Å²) in [6.45, 7) is 0.423. The molecule has 0 saturated carbocycles. The molecule has 0 aliphatic carbocycles. The van der Waals surface area contributed by atoms with Crippen LogP contribution in [0.4, 0.5) is 0 Å². The summed E-state index contributed by atoms with van der Waals surface area (Å²) in [4.78, 5) is 8.78. The smallest absolute Gasteiger partial charge is 0.0955 e. The van der Waals surface area contributed by atoms with Crippen LogP contribution in [0.3, 0.4) is 0 Å². The Kier molecular flexibility index (Phi) is 2.00. The molecule has 13 heavy (non-hydrogen) atoms. The highest BCUT2D eigenvalue weighted by atomic mass is 16.6. The molecule has 1 heterocycles. The van der Waals surface area contributed by atoms with Crippen molar-refractivity contribution in [3.05, 3.63) is 30.1 Å². The van der Waals surface area contributed by atoms with Crippen LogP contribution in [0.15, 0.2) is 24.5 Å². The van der Waals surface area contributed by atoms with Gasteiger partial charge in [0.2, 0.25) is 0 Å². The SMILES string of the molecule is Cn1cnc2cc(CON)ccc21. The first-order valence-electron chi connectivity index (χ1n) is 4.03. The lowest BCUT2D eigenvalue weighted by molar-refractivity contribution is 0.124. The molecule has 0 bridgehead atoms. The summed E-state index contributed by atoms with van der Waals surface area (Å²) in [7, 11) is 1.97. The summed E-state index contributed by atoms with van der Waals surface area (Å²) in [6.07, 6.45) is 1.79. The number of aromatic nitrogens is 2. The van der Waals surface area contributed by atoms with Crippen molar-refractivity contribution in [3.63, 3.8) is 0 Å².